The number of aromatic nitrogens is 4. The molecule has 2 aromatic rings. The van der Waals surface area contributed by atoms with Crippen molar-refractivity contribution in [3.05, 3.63) is 42.2 Å². The lowest BCUT2D eigenvalue weighted by molar-refractivity contribution is 0.0937. The van der Waals surface area contributed by atoms with Crippen LogP contribution in [0.15, 0.2) is 30.9 Å². The van der Waals surface area contributed by atoms with Gasteiger partial charge in [0.25, 0.3) is 5.91 Å². The molecule has 0 bridgehead atoms. The van der Waals surface area contributed by atoms with Gasteiger partial charge in [-0.05, 0) is 19.1 Å². The molecule has 6 heteroatoms. The molecule has 2 rings (SSSR count). The lowest BCUT2D eigenvalue weighted by atomic mass is 10.2. The van der Waals surface area contributed by atoms with Gasteiger partial charge >= 0.3 is 0 Å². The van der Waals surface area contributed by atoms with E-state index in [4.69, 9.17) is 0 Å². The molecular weight excluding hydrogens is 218 g/mol. The molecule has 6 nitrogen and oxygen atoms in total. The van der Waals surface area contributed by atoms with E-state index in [1.165, 1.54) is 0 Å². The summed E-state index contributed by atoms with van der Waals surface area (Å²) in [5, 5.41) is 10.6. The van der Waals surface area contributed by atoms with E-state index in [1.807, 2.05) is 14.0 Å². The second-order valence-corrected chi connectivity index (χ2v) is 3.73. The topological polar surface area (TPSA) is 72.7 Å². The van der Waals surface area contributed by atoms with Crippen molar-refractivity contribution in [1.29, 1.82) is 0 Å². The number of carbonyl (C=O) groups excluding carboxylic acids is 1. The lowest BCUT2D eigenvalue weighted by Gasteiger charge is -2.12. The normalized spacial score (nSPS) is 12.1. The number of amides is 1. The van der Waals surface area contributed by atoms with Crippen LogP contribution in [0.1, 0.15) is 29.1 Å². The van der Waals surface area contributed by atoms with Crippen molar-refractivity contribution in [3.63, 3.8) is 0 Å². The van der Waals surface area contributed by atoms with Crippen LogP contribution in [0.3, 0.4) is 0 Å². The highest BCUT2D eigenvalue weighted by molar-refractivity contribution is 5.94. The highest BCUT2D eigenvalue weighted by Crippen LogP contribution is 2.08. The van der Waals surface area contributed by atoms with E-state index in [9.17, 15) is 4.79 Å². The molecule has 1 N–H and O–H groups in total. The van der Waals surface area contributed by atoms with E-state index < -0.39 is 0 Å². The van der Waals surface area contributed by atoms with Gasteiger partial charge in [0.1, 0.15) is 6.33 Å². The van der Waals surface area contributed by atoms with Crippen molar-refractivity contribution in [2.75, 3.05) is 0 Å². The average molecular weight is 231 g/mol. The minimum Gasteiger partial charge on any atom is -0.342 e. The molecule has 0 saturated heterocycles. The third-order valence-electron chi connectivity index (χ3n) is 2.42. The van der Waals surface area contributed by atoms with Gasteiger partial charge in [0.2, 0.25) is 0 Å². The average Bonchev–Trinajstić information content (AvgIpc) is 2.76. The number of nitrogens with one attached hydrogen (secondary N) is 1. The third kappa shape index (κ3) is 2.47. The van der Waals surface area contributed by atoms with Gasteiger partial charge in [-0.3, -0.25) is 9.78 Å². The molecule has 0 spiro atoms. The number of hydrogen-bond donors (Lipinski definition) is 1. The summed E-state index contributed by atoms with van der Waals surface area (Å²) >= 11 is 0. The van der Waals surface area contributed by atoms with E-state index in [1.54, 1.807) is 35.4 Å². The first-order valence-electron chi connectivity index (χ1n) is 5.23. The van der Waals surface area contributed by atoms with Crippen LogP contribution in [0.2, 0.25) is 0 Å². The Bertz CT molecular complexity index is 508. The van der Waals surface area contributed by atoms with Crippen LogP contribution in [-0.2, 0) is 7.05 Å². The van der Waals surface area contributed by atoms with Crippen LogP contribution in [0, 0.1) is 0 Å². The monoisotopic (exact) mass is 231 g/mol. The summed E-state index contributed by atoms with van der Waals surface area (Å²) in [4.78, 5) is 15.7. The van der Waals surface area contributed by atoms with Gasteiger partial charge in [0, 0.05) is 25.0 Å². The van der Waals surface area contributed by atoms with E-state index >= 15 is 0 Å². The van der Waals surface area contributed by atoms with Crippen molar-refractivity contribution in [2.24, 2.45) is 7.05 Å². The summed E-state index contributed by atoms with van der Waals surface area (Å²) in [6.07, 6.45) is 4.77. The second kappa shape index (κ2) is 4.73. The van der Waals surface area contributed by atoms with Crippen LogP contribution < -0.4 is 5.32 Å². The van der Waals surface area contributed by atoms with Crippen molar-refractivity contribution >= 4 is 5.91 Å². The SMILES string of the molecule is C[C@@H](NC(=O)c1ccncc1)c1nncn1C. The summed E-state index contributed by atoms with van der Waals surface area (Å²) in [6, 6.07) is 3.14. The summed E-state index contributed by atoms with van der Waals surface area (Å²) in [5.41, 5.74) is 0.578. The number of hydrogen-bond acceptors (Lipinski definition) is 4. The minimum absolute atomic E-state index is 0.150. The highest BCUT2D eigenvalue weighted by Gasteiger charge is 2.14. The van der Waals surface area contributed by atoms with Gasteiger partial charge in [-0.15, -0.1) is 10.2 Å². The minimum atomic E-state index is -0.192. The smallest absolute Gasteiger partial charge is 0.251 e. The Labute approximate surface area is 98.7 Å². The molecule has 0 radical (unpaired) electrons. The van der Waals surface area contributed by atoms with Crippen LogP contribution in [0.4, 0.5) is 0 Å². The van der Waals surface area contributed by atoms with Crippen LogP contribution in [0.25, 0.3) is 0 Å². The molecule has 88 valence electrons. The van der Waals surface area contributed by atoms with Crippen molar-refractivity contribution in [2.45, 2.75) is 13.0 Å². The van der Waals surface area contributed by atoms with Gasteiger partial charge < -0.3 is 9.88 Å². The molecule has 0 unspecified atom stereocenters. The summed E-state index contributed by atoms with van der Waals surface area (Å²) < 4.78 is 1.78. The van der Waals surface area contributed by atoms with Gasteiger partial charge in [-0.25, -0.2) is 0 Å². The van der Waals surface area contributed by atoms with Gasteiger partial charge in [0.15, 0.2) is 5.82 Å². The Morgan fingerprint density at radius 2 is 2.12 bits per heavy atom. The fourth-order valence-electron chi connectivity index (χ4n) is 1.53. The predicted molar refractivity (Wildman–Crippen MR) is 61.1 cm³/mol. The summed E-state index contributed by atoms with van der Waals surface area (Å²) in [5.74, 6) is 0.565. The Kier molecular flexibility index (Phi) is 3.13. The maximum Gasteiger partial charge on any atom is 0.251 e. The Balaban J connectivity index is 2.08. The van der Waals surface area contributed by atoms with Crippen LogP contribution in [0.5, 0.6) is 0 Å². The first kappa shape index (κ1) is 11.3. The fourth-order valence-corrected chi connectivity index (χ4v) is 1.53. The summed E-state index contributed by atoms with van der Waals surface area (Å²) in [6.45, 7) is 1.86. The zero-order valence-corrected chi connectivity index (χ0v) is 9.66. The van der Waals surface area contributed by atoms with Gasteiger partial charge in [-0.2, -0.15) is 0 Å². The molecule has 0 aliphatic heterocycles. The number of aryl methyl sites for hydroxylation is 1. The first-order valence-corrected chi connectivity index (χ1v) is 5.23. The maximum atomic E-state index is 11.9. The molecule has 0 aromatic carbocycles. The quantitative estimate of drug-likeness (QED) is 0.844. The van der Waals surface area contributed by atoms with Gasteiger partial charge in [-0.1, -0.05) is 0 Å². The lowest BCUT2D eigenvalue weighted by Crippen LogP contribution is -2.28. The van der Waals surface area contributed by atoms with Gasteiger partial charge in [0.05, 0.1) is 6.04 Å². The van der Waals surface area contributed by atoms with Crippen molar-refractivity contribution < 1.29 is 4.79 Å². The highest BCUT2D eigenvalue weighted by atomic mass is 16.1. The number of pyridine rings is 1. The van der Waals surface area contributed by atoms with Crippen LogP contribution >= 0.6 is 0 Å². The largest absolute Gasteiger partial charge is 0.342 e. The van der Waals surface area contributed by atoms with E-state index in [-0.39, 0.29) is 11.9 Å². The maximum absolute atomic E-state index is 11.9. The molecule has 0 aliphatic carbocycles. The first-order chi connectivity index (χ1) is 8.18. The third-order valence-corrected chi connectivity index (χ3v) is 2.42. The molecule has 0 fully saturated rings. The second-order valence-electron chi connectivity index (χ2n) is 3.73. The standard InChI is InChI=1S/C11H13N5O/c1-8(10-15-13-7-16(10)2)14-11(17)9-3-5-12-6-4-9/h3-8H,1-2H3,(H,14,17)/t8-/m1/s1. The number of nitrogens with zero attached hydrogens (tertiary/aromatic N) is 4. The zero-order valence-electron chi connectivity index (χ0n) is 9.66. The van der Waals surface area contributed by atoms with E-state index in [0.717, 1.165) is 0 Å². The number of rotatable bonds is 3. The molecular formula is C11H13N5O. The summed E-state index contributed by atoms with van der Waals surface area (Å²) in [7, 11) is 1.84. The zero-order chi connectivity index (χ0) is 12.3. The molecule has 17 heavy (non-hydrogen) atoms. The van der Waals surface area contributed by atoms with Crippen LogP contribution in [-0.4, -0.2) is 25.7 Å². The Hall–Kier alpha value is -2.24. The molecule has 1 amide bonds. The Morgan fingerprint density at radius 1 is 1.41 bits per heavy atom. The van der Waals surface area contributed by atoms with Crippen molar-refractivity contribution in [3.8, 4) is 0 Å². The molecule has 0 aliphatic rings. The van der Waals surface area contributed by atoms with E-state index in [0.29, 0.717) is 11.4 Å². The van der Waals surface area contributed by atoms with E-state index in [2.05, 4.69) is 20.5 Å². The molecule has 2 aromatic heterocycles. The fraction of sp³-hybridized carbons (Fsp3) is 0.273. The molecule has 0 saturated carbocycles. The van der Waals surface area contributed by atoms with Crippen molar-refractivity contribution in [1.82, 2.24) is 25.1 Å². The molecule has 2 heterocycles. The Morgan fingerprint density at radius 3 is 2.71 bits per heavy atom. The predicted octanol–water partition coefficient (Wildman–Crippen LogP) is 0.701. The molecule has 1 atom stereocenters. The number of carbonyl (C=O) groups is 1.